The van der Waals surface area contributed by atoms with E-state index >= 15 is 0 Å². The Kier molecular flexibility index (Phi) is 4.46. The van der Waals surface area contributed by atoms with Crippen LogP contribution in [0.5, 0.6) is 5.88 Å². The van der Waals surface area contributed by atoms with Gasteiger partial charge in [-0.15, -0.1) is 0 Å². The quantitative estimate of drug-likeness (QED) is 0.921. The molecule has 0 aliphatic heterocycles. The second-order valence-corrected chi connectivity index (χ2v) is 4.05. The molecule has 0 saturated carbocycles. The van der Waals surface area contributed by atoms with E-state index in [0.717, 1.165) is 6.20 Å². The van der Waals surface area contributed by atoms with E-state index in [1.165, 1.54) is 18.4 Å². The zero-order valence-electron chi connectivity index (χ0n) is 10.7. The normalized spacial score (nSPS) is 11.2. The number of aromatic nitrogens is 1. The largest absolute Gasteiger partial charge is 0.468 e. The van der Waals surface area contributed by atoms with Crippen LogP contribution in [-0.4, -0.2) is 23.7 Å². The van der Waals surface area contributed by atoms with Crippen molar-refractivity contribution in [3.05, 3.63) is 48.0 Å². The van der Waals surface area contributed by atoms with E-state index in [9.17, 15) is 18.0 Å². The summed E-state index contributed by atoms with van der Waals surface area (Å²) in [4.78, 5) is 15.4. The number of pyridine rings is 1. The number of halogens is 3. The van der Waals surface area contributed by atoms with Crippen molar-refractivity contribution in [2.45, 2.75) is 12.7 Å². The summed E-state index contributed by atoms with van der Waals surface area (Å²) in [7, 11) is 0. The third-order valence-electron chi connectivity index (χ3n) is 2.39. The summed E-state index contributed by atoms with van der Waals surface area (Å²) in [6.07, 6.45) is -1.81. The average Bonchev–Trinajstić information content (AvgIpc) is 2.95. The lowest BCUT2D eigenvalue weighted by Crippen LogP contribution is -2.23. The van der Waals surface area contributed by atoms with Gasteiger partial charge in [0.15, 0.2) is 6.61 Å². The number of carbonyl (C=O) groups excluding carboxylic acids is 1. The Bertz CT molecular complexity index is 580. The van der Waals surface area contributed by atoms with Crippen LogP contribution in [0.1, 0.15) is 16.1 Å². The monoisotopic (exact) mass is 300 g/mol. The number of ether oxygens (including phenoxy) is 1. The third kappa shape index (κ3) is 4.83. The van der Waals surface area contributed by atoms with Gasteiger partial charge in [0.1, 0.15) is 5.76 Å². The molecule has 0 aliphatic rings. The van der Waals surface area contributed by atoms with Gasteiger partial charge in [-0.3, -0.25) is 4.79 Å². The molecule has 5 nitrogen and oxygen atoms in total. The van der Waals surface area contributed by atoms with E-state index in [0.29, 0.717) is 5.76 Å². The van der Waals surface area contributed by atoms with E-state index in [1.807, 2.05) is 0 Å². The molecular formula is C13H11F3N2O3. The molecule has 112 valence electrons. The van der Waals surface area contributed by atoms with Crippen LogP contribution in [0.4, 0.5) is 13.2 Å². The second kappa shape index (κ2) is 6.29. The number of alkyl halides is 3. The molecule has 0 radical (unpaired) electrons. The summed E-state index contributed by atoms with van der Waals surface area (Å²) in [6, 6.07) is 5.92. The lowest BCUT2D eigenvalue weighted by molar-refractivity contribution is -0.154. The summed E-state index contributed by atoms with van der Waals surface area (Å²) in [6.45, 7) is -1.22. The highest BCUT2D eigenvalue weighted by molar-refractivity contribution is 5.93. The highest BCUT2D eigenvalue weighted by atomic mass is 19.4. The molecule has 0 fully saturated rings. The predicted molar refractivity (Wildman–Crippen MR) is 65.7 cm³/mol. The number of carbonyl (C=O) groups is 1. The standard InChI is InChI=1S/C13H11F3N2O3/c14-13(15,16)8-21-11-4-3-9(6-17-11)12(19)18-7-10-2-1-5-20-10/h1-6H,7-8H2,(H,18,19). The first kappa shape index (κ1) is 14.9. The van der Waals surface area contributed by atoms with Gasteiger partial charge in [-0.25, -0.2) is 4.98 Å². The molecule has 2 aromatic rings. The molecule has 0 bridgehead atoms. The highest BCUT2D eigenvalue weighted by Gasteiger charge is 2.28. The minimum atomic E-state index is -4.43. The van der Waals surface area contributed by atoms with Crippen LogP contribution in [0.3, 0.4) is 0 Å². The first-order valence-corrected chi connectivity index (χ1v) is 5.90. The first-order chi connectivity index (χ1) is 9.94. The molecule has 2 aromatic heterocycles. The number of amides is 1. The Labute approximate surface area is 117 Å². The fourth-order valence-electron chi connectivity index (χ4n) is 1.44. The molecule has 2 rings (SSSR count). The van der Waals surface area contributed by atoms with Crippen LogP contribution in [0.2, 0.25) is 0 Å². The summed E-state index contributed by atoms with van der Waals surface area (Å²) in [5, 5.41) is 2.58. The fraction of sp³-hybridized carbons (Fsp3) is 0.231. The summed E-state index contributed by atoms with van der Waals surface area (Å²) in [5.74, 6) is -0.0300. The van der Waals surface area contributed by atoms with Crippen molar-refractivity contribution < 1.29 is 27.1 Å². The van der Waals surface area contributed by atoms with Crippen molar-refractivity contribution in [3.8, 4) is 5.88 Å². The van der Waals surface area contributed by atoms with Gasteiger partial charge in [-0.1, -0.05) is 0 Å². The van der Waals surface area contributed by atoms with E-state index in [1.54, 1.807) is 12.1 Å². The first-order valence-electron chi connectivity index (χ1n) is 5.90. The smallest absolute Gasteiger partial charge is 0.422 e. The van der Waals surface area contributed by atoms with Crippen LogP contribution in [0.15, 0.2) is 41.1 Å². The number of nitrogens with one attached hydrogen (secondary N) is 1. The maximum atomic E-state index is 12.0. The van der Waals surface area contributed by atoms with E-state index in [2.05, 4.69) is 15.0 Å². The molecule has 1 amide bonds. The molecular weight excluding hydrogens is 289 g/mol. The molecule has 0 aromatic carbocycles. The predicted octanol–water partition coefficient (Wildman–Crippen LogP) is 2.55. The van der Waals surface area contributed by atoms with Gasteiger partial charge in [0.2, 0.25) is 5.88 Å². The SMILES string of the molecule is O=C(NCc1ccco1)c1ccc(OCC(F)(F)F)nc1. The molecule has 0 spiro atoms. The second-order valence-electron chi connectivity index (χ2n) is 4.05. The van der Waals surface area contributed by atoms with Crippen molar-refractivity contribution in [1.29, 1.82) is 0 Å². The van der Waals surface area contributed by atoms with Crippen LogP contribution < -0.4 is 10.1 Å². The van der Waals surface area contributed by atoms with Crippen LogP contribution >= 0.6 is 0 Å². The highest BCUT2D eigenvalue weighted by Crippen LogP contribution is 2.17. The van der Waals surface area contributed by atoms with Gasteiger partial charge in [0.25, 0.3) is 5.91 Å². The van der Waals surface area contributed by atoms with Crippen LogP contribution in [0, 0.1) is 0 Å². The summed E-state index contributed by atoms with van der Waals surface area (Å²) >= 11 is 0. The Hall–Kier alpha value is -2.51. The molecule has 2 heterocycles. The van der Waals surface area contributed by atoms with Gasteiger partial charge in [-0.2, -0.15) is 13.2 Å². The molecule has 0 saturated heterocycles. The number of rotatable bonds is 5. The van der Waals surface area contributed by atoms with Crippen molar-refractivity contribution in [2.75, 3.05) is 6.61 Å². The van der Waals surface area contributed by atoms with Crippen LogP contribution in [-0.2, 0) is 6.54 Å². The zero-order valence-corrected chi connectivity index (χ0v) is 10.7. The lowest BCUT2D eigenvalue weighted by atomic mass is 10.2. The van der Waals surface area contributed by atoms with E-state index in [-0.39, 0.29) is 18.0 Å². The van der Waals surface area contributed by atoms with Crippen LogP contribution in [0.25, 0.3) is 0 Å². The van der Waals surface area contributed by atoms with Crippen molar-refractivity contribution in [3.63, 3.8) is 0 Å². The van der Waals surface area contributed by atoms with Gasteiger partial charge in [-0.05, 0) is 18.2 Å². The van der Waals surface area contributed by atoms with Crippen molar-refractivity contribution in [1.82, 2.24) is 10.3 Å². The van der Waals surface area contributed by atoms with E-state index in [4.69, 9.17) is 4.42 Å². The van der Waals surface area contributed by atoms with Gasteiger partial charge < -0.3 is 14.5 Å². The van der Waals surface area contributed by atoms with Gasteiger partial charge >= 0.3 is 6.18 Å². The molecule has 8 heteroatoms. The van der Waals surface area contributed by atoms with Gasteiger partial charge in [0, 0.05) is 12.3 Å². The zero-order chi connectivity index (χ0) is 15.3. The molecule has 0 unspecified atom stereocenters. The fourth-order valence-corrected chi connectivity index (χ4v) is 1.44. The van der Waals surface area contributed by atoms with Gasteiger partial charge in [0.05, 0.1) is 18.4 Å². The molecule has 1 N–H and O–H groups in total. The van der Waals surface area contributed by atoms with E-state index < -0.39 is 18.7 Å². The molecule has 0 atom stereocenters. The number of hydrogen-bond donors (Lipinski definition) is 1. The van der Waals surface area contributed by atoms with Crippen molar-refractivity contribution in [2.24, 2.45) is 0 Å². The number of hydrogen-bond acceptors (Lipinski definition) is 4. The maximum absolute atomic E-state index is 12.0. The topological polar surface area (TPSA) is 64.4 Å². The summed E-state index contributed by atoms with van der Waals surface area (Å²) < 4.78 is 45.4. The molecule has 0 aliphatic carbocycles. The minimum absolute atomic E-state index is 0.199. The molecule has 21 heavy (non-hydrogen) atoms. The average molecular weight is 300 g/mol. The Morgan fingerprint density at radius 3 is 2.71 bits per heavy atom. The maximum Gasteiger partial charge on any atom is 0.422 e. The Balaban J connectivity index is 1.87. The lowest BCUT2D eigenvalue weighted by Gasteiger charge is -2.08. The number of nitrogens with zero attached hydrogens (tertiary/aromatic N) is 1. The Morgan fingerprint density at radius 2 is 2.14 bits per heavy atom. The Morgan fingerprint density at radius 1 is 1.33 bits per heavy atom. The minimum Gasteiger partial charge on any atom is -0.468 e. The third-order valence-corrected chi connectivity index (χ3v) is 2.39. The summed E-state index contributed by atoms with van der Waals surface area (Å²) in [5.41, 5.74) is 0.209. The van der Waals surface area contributed by atoms with Crippen molar-refractivity contribution >= 4 is 5.91 Å². The number of furan rings is 1.